The summed E-state index contributed by atoms with van der Waals surface area (Å²) in [5.41, 5.74) is 1.00. The van der Waals surface area contributed by atoms with Gasteiger partial charge in [-0.1, -0.05) is 19.0 Å². The summed E-state index contributed by atoms with van der Waals surface area (Å²) in [6.45, 7) is 7.46. The van der Waals surface area contributed by atoms with Crippen molar-refractivity contribution in [3.8, 4) is 0 Å². The van der Waals surface area contributed by atoms with Crippen molar-refractivity contribution in [2.75, 3.05) is 26.9 Å². The first kappa shape index (κ1) is 14.5. The Kier molecular flexibility index (Phi) is 4.96. The van der Waals surface area contributed by atoms with E-state index in [4.69, 9.17) is 14.0 Å². The fourth-order valence-corrected chi connectivity index (χ4v) is 2.24. The Morgan fingerprint density at radius 2 is 2.26 bits per heavy atom. The van der Waals surface area contributed by atoms with Crippen molar-refractivity contribution in [2.45, 2.75) is 38.8 Å². The highest BCUT2D eigenvalue weighted by Crippen LogP contribution is 2.23. The van der Waals surface area contributed by atoms with Gasteiger partial charge in [0.1, 0.15) is 6.61 Å². The number of ether oxygens (including phenoxy) is 2. The summed E-state index contributed by atoms with van der Waals surface area (Å²) >= 11 is 0. The second-order valence-electron chi connectivity index (χ2n) is 5.78. The first-order chi connectivity index (χ1) is 9.13. The van der Waals surface area contributed by atoms with Gasteiger partial charge in [0, 0.05) is 19.6 Å². The third kappa shape index (κ3) is 4.03. The highest BCUT2D eigenvalue weighted by Gasteiger charge is 2.38. The van der Waals surface area contributed by atoms with Gasteiger partial charge < -0.3 is 19.3 Å². The molecular weight excluding hydrogens is 244 g/mol. The van der Waals surface area contributed by atoms with E-state index >= 15 is 0 Å². The SMILES string of the molecule is COCc1cc(CC2(NCCC(C)C)COC2)no1. The van der Waals surface area contributed by atoms with Crippen molar-refractivity contribution in [2.24, 2.45) is 5.92 Å². The van der Waals surface area contributed by atoms with Gasteiger partial charge in [0.05, 0.1) is 24.4 Å². The summed E-state index contributed by atoms with van der Waals surface area (Å²) < 4.78 is 15.6. The van der Waals surface area contributed by atoms with E-state index in [1.54, 1.807) is 7.11 Å². The molecule has 1 aromatic rings. The van der Waals surface area contributed by atoms with Crippen LogP contribution in [0.25, 0.3) is 0 Å². The van der Waals surface area contributed by atoms with Crippen LogP contribution in [0.4, 0.5) is 0 Å². The van der Waals surface area contributed by atoms with E-state index in [1.165, 1.54) is 6.42 Å². The Hall–Kier alpha value is -0.910. The number of hydrogen-bond acceptors (Lipinski definition) is 5. The minimum Gasteiger partial charge on any atom is -0.377 e. The molecule has 0 saturated carbocycles. The van der Waals surface area contributed by atoms with E-state index in [0.717, 1.165) is 37.6 Å². The molecule has 1 aliphatic rings. The normalized spacial score (nSPS) is 17.7. The number of rotatable bonds is 8. The average Bonchev–Trinajstić information content (AvgIpc) is 2.73. The van der Waals surface area contributed by atoms with Crippen molar-refractivity contribution < 1.29 is 14.0 Å². The predicted octanol–water partition coefficient (Wildman–Crippen LogP) is 1.77. The molecule has 1 aliphatic heterocycles. The molecule has 1 saturated heterocycles. The Labute approximate surface area is 114 Å². The summed E-state index contributed by atoms with van der Waals surface area (Å²) in [5, 5.41) is 7.71. The molecule has 0 atom stereocenters. The molecule has 2 rings (SSSR count). The van der Waals surface area contributed by atoms with Crippen LogP contribution in [0.1, 0.15) is 31.7 Å². The van der Waals surface area contributed by atoms with Gasteiger partial charge in [-0.05, 0) is 18.9 Å². The zero-order valence-electron chi connectivity index (χ0n) is 12.1. The molecule has 0 bridgehead atoms. The Balaban J connectivity index is 1.86. The van der Waals surface area contributed by atoms with E-state index < -0.39 is 0 Å². The monoisotopic (exact) mass is 268 g/mol. The quantitative estimate of drug-likeness (QED) is 0.778. The van der Waals surface area contributed by atoms with Crippen molar-refractivity contribution in [3.63, 3.8) is 0 Å². The molecule has 0 unspecified atom stereocenters. The van der Waals surface area contributed by atoms with Gasteiger partial charge >= 0.3 is 0 Å². The third-order valence-electron chi connectivity index (χ3n) is 3.39. The fraction of sp³-hybridized carbons (Fsp3) is 0.786. The van der Waals surface area contributed by atoms with Crippen LogP contribution in [-0.4, -0.2) is 37.6 Å². The minimum atomic E-state index is 0.0378. The molecule has 0 aromatic carbocycles. The molecule has 2 heterocycles. The Morgan fingerprint density at radius 1 is 1.47 bits per heavy atom. The summed E-state index contributed by atoms with van der Waals surface area (Å²) in [6, 6.07) is 1.97. The van der Waals surface area contributed by atoms with Crippen molar-refractivity contribution in [1.82, 2.24) is 10.5 Å². The lowest BCUT2D eigenvalue weighted by molar-refractivity contribution is -0.0747. The van der Waals surface area contributed by atoms with Crippen molar-refractivity contribution in [1.29, 1.82) is 0 Å². The Bertz CT molecular complexity index is 386. The fourth-order valence-electron chi connectivity index (χ4n) is 2.24. The second kappa shape index (κ2) is 6.50. The molecule has 19 heavy (non-hydrogen) atoms. The number of methoxy groups -OCH3 is 1. The number of aromatic nitrogens is 1. The molecule has 0 aliphatic carbocycles. The van der Waals surface area contributed by atoms with Crippen LogP contribution in [0.5, 0.6) is 0 Å². The third-order valence-corrected chi connectivity index (χ3v) is 3.39. The molecule has 108 valence electrons. The van der Waals surface area contributed by atoms with E-state index in [9.17, 15) is 0 Å². The maximum absolute atomic E-state index is 5.38. The molecule has 1 fully saturated rings. The average molecular weight is 268 g/mol. The summed E-state index contributed by atoms with van der Waals surface area (Å²) in [7, 11) is 1.65. The lowest BCUT2D eigenvalue weighted by atomic mass is 9.90. The van der Waals surface area contributed by atoms with Crippen LogP contribution in [0.3, 0.4) is 0 Å². The zero-order valence-corrected chi connectivity index (χ0v) is 12.1. The van der Waals surface area contributed by atoms with Crippen LogP contribution >= 0.6 is 0 Å². The predicted molar refractivity (Wildman–Crippen MR) is 71.9 cm³/mol. The van der Waals surface area contributed by atoms with Gasteiger partial charge in [0.2, 0.25) is 0 Å². The van der Waals surface area contributed by atoms with Gasteiger partial charge in [0.15, 0.2) is 5.76 Å². The second-order valence-corrected chi connectivity index (χ2v) is 5.78. The smallest absolute Gasteiger partial charge is 0.162 e. The zero-order chi connectivity index (χ0) is 13.7. The highest BCUT2D eigenvalue weighted by molar-refractivity contribution is 5.11. The van der Waals surface area contributed by atoms with Crippen LogP contribution < -0.4 is 5.32 Å². The largest absolute Gasteiger partial charge is 0.377 e. The molecule has 5 nitrogen and oxygen atoms in total. The molecular formula is C14H24N2O3. The summed E-state index contributed by atoms with van der Waals surface area (Å²) in [6.07, 6.45) is 2.02. The lowest BCUT2D eigenvalue weighted by Gasteiger charge is -2.42. The number of nitrogens with one attached hydrogen (secondary N) is 1. The van der Waals surface area contributed by atoms with Crippen LogP contribution in [0.15, 0.2) is 10.6 Å². The van der Waals surface area contributed by atoms with Gasteiger partial charge in [-0.2, -0.15) is 0 Å². The van der Waals surface area contributed by atoms with Gasteiger partial charge in [0.25, 0.3) is 0 Å². The van der Waals surface area contributed by atoms with Gasteiger partial charge in [-0.3, -0.25) is 0 Å². The molecule has 0 spiro atoms. The van der Waals surface area contributed by atoms with Crippen molar-refractivity contribution >= 4 is 0 Å². The Morgan fingerprint density at radius 3 is 2.84 bits per heavy atom. The summed E-state index contributed by atoms with van der Waals surface area (Å²) in [5.74, 6) is 1.49. The summed E-state index contributed by atoms with van der Waals surface area (Å²) in [4.78, 5) is 0. The van der Waals surface area contributed by atoms with Crippen LogP contribution in [-0.2, 0) is 22.5 Å². The molecule has 5 heteroatoms. The number of nitrogens with zero attached hydrogens (tertiary/aromatic N) is 1. The van der Waals surface area contributed by atoms with Crippen LogP contribution in [0, 0.1) is 5.92 Å². The maximum atomic E-state index is 5.38. The maximum Gasteiger partial charge on any atom is 0.162 e. The molecule has 0 amide bonds. The van der Waals surface area contributed by atoms with E-state index in [2.05, 4.69) is 24.3 Å². The number of hydrogen-bond donors (Lipinski definition) is 1. The van der Waals surface area contributed by atoms with E-state index in [1.807, 2.05) is 6.07 Å². The van der Waals surface area contributed by atoms with Gasteiger partial charge in [-0.25, -0.2) is 0 Å². The first-order valence-electron chi connectivity index (χ1n) is 6.90. The minimum absolute atomic E-state index is 0.0378. The molecule has 0 radical (unpaired) electrons. The topological polar surface area (TPSA) is 56.5 Å². The standard InChI is InChI=1S/C14H24N2O3/c1-11(2)4-5-15-14(9-18-10-14)7-12-6-13(8-17-3)19-16-12/h6,11,15H,4-5,7-10H2,1-3H3. The first-order valence-corrected chi connectivity index (χ1v) is 6.90. The van der Waals surface area contributed by atoms with E-state index in [-0.39, 0.29) is 5.54 Å². The lowest BCUT2D eigenvalue weighted by Crippen LogP contribution is -2.62. The highest BCUT2D eigenvalue weighted by atomic mass is 16.5. The molecule has 1 aromatic heterocycles. The van der Waals surface area contributed by atoms with E-state index in [0.29, 0.717) is 12.5 Å². The van der Waals surface area contributed by atoms with Crippen LogP contribution in [0.2, 0.25) is 0 Å². The van der Waals surface area contributed by atoms with Gasteiger partial charge in [-0.15, -0.1) is 0 Å². The van der Waals surface area contributed by atoms with Crippen molar-refractivity contribution in [3.05, 3.63) is 17.5 Å². The molecule has 1 N–H and O–H groups in total.